The third kappa shape index (κ3) is 3.99. The fourth-order valence-electron chi connectivity index (χ4n) is 1.90. The maximum atomic E-state index is 8.89. The van der Waals surface area contributed by atoms with Crippen LogP contribution in [0.3, 0.4) is 0 Å². The highest BCUT2D eigenvalue weighted by atomic mass is 16.3. The van der Waals surface area contributed by atoms with Crippen molar-refractivity contribution < 1.29 is 9.52 Å². The first-order valence-electron chi connectivity index (χ1n) is 6.04. The second kappa shape index (κ2) is 6.71. The van der Waals surface area contributed by atoms with Crippen LogP contribution in [0.25, 0.3) is 0 Å². The lowest BCUT2D eigenvalue weighted by Crippen LogP contribution is -2.23. The Hall–Kier alpha value is -0.800. The highest BCUT2D eigenvalue weighted by Gasteiger charge is 2.07. The molecule has 92 valence electrons. The first kappa shape index (κ1) is 13.3. The minimum atomic E-state index is 0.282. The summed E-state index contributed by atoms with van der Waals surface area (Å²) >= 11 is 0. The maximum Gasteiger partial charge on any atom is 0.105 e. The summed E-state index contributed by atoms with van der Waals surface area (Å²) in [7, 11) is 0. The van der Waals surface area contributed by atoms with E-state index in [1.807, 2.05) is 13.8 Å². The van der Waals surface area contributed by atoms with Gasteiger partial charge < -0.3 is 14.8 Å². The molecule has 1 atom stereocenters. The van der Waals surface area contributed by atoms with Crippen molar-refractivity contribution in [3.05, 3.63) is 23.2 Å². The molecule has 1 aromatic rings. The molecule has 0 bridgehead atoms. The normalized spacial score (nSPS) is 13.0. The Kier molecular flexibility index (Phi) is 5.56. The molecule has 0 saturated heterocycles. The largest absolute Gasteiger partial charge is 0.466 e. The monoisotopic (exact) mass is 225 g/mol. The average Bonchev–Trinajstić information content (AvgIpc) is 2.56. The van der Waals surface area contributed by atoms with E-state index in [1.165, 1.54) is 5.56 Å². The Balaban J connectivity index is 2.32. The van der Waals surface area contributed by atoms with Crippen molar-refractivity contribution in [1.82, 2.24) is 5.32 Å². The molecular formula is C13H23NO2. The number of nitrogens with one attached hydrogen (secondary N) is 1. The fourth-order valence-corrected chi connectivity index (χ4v) is 1.90. The van der Waals surface area contributed by atoms with E-state index < -0.39 is 0 Å². The summed E-state index contributed by atoms with van der Waals surface area (Å²) in [6, 6.07) is 2.08. The summed E-state index contributed by atoms with van der Waals surface area (Å²) in [5, 5.41) is 12.3. The SMILES string of the molecule is CCC(CCO)CNCc1cc(C)oc1C. The van der Waals surface area contributed by atoms with Crippen LogP contribution in [0.5, 0.6) is 0 Å². The molecule has 1 aromatic heterocycles. The molecule has 3 nitrogen and oxygen atoms in total. The molecule has 1 rings (SSSR count). The van der Waals surface area contributed by atoms with Crippen LogP contribution in [0.1, 0.15) is 36.8 Å². The van der Waals surface area contributed by atoms with Crippen LogP contribution in [-0.2, 0) is 6.54 Å². The zero-order valence-corrected chi connectivity index (χ0v) is 10.5. The fraction of sp³-hybridized carbons (Fsp3) is 0.692. The van der Waals surface area contributed by atoms with E-state index in [4.69, 9.17) is 9.52 Å². The number of hydrogen-bond acceptors (Lipinski definition) is 3. The second-order valence-corrected chi connectivity index (χ2v) is 4.36. The van der Waals surface area contributed by atoms with Gasteiger partial charge in [-0.05, 0) is 38.8 Å². The molecule has 2 N–H and O–H groups in total. The molecule has 0 aromatic carbocycles. The summed E-state index contributed by atoms with van der Waals surface area (Å²) < 4.78 is 5.47. The van der Waals surface area contributed by atoms with Crippen LogP contribution in [0.2, 0.25) is 0 Å². The third-order valence-electron chi connectivity index (χ3n) is 3.01. The number of furan rings is 1. The summed E-state index contributed by atoms with van der Waals surface area (Å²) in [5.41, 5.74) is 1.23. The zero-order chi connectivity index (χ0) is 12.0. The van der Waals surface area contributed by atoms with Gasteiger partial charge in [-0.2, -0.15) is 0 Å². The zero-order valence-electron chi connectivity index (χ0n) is 10.5. The van der Waals surface area contributed by atoms with Crippen molar-refractivity contribution >= 4 is 0 Å². The van der Waals surface area contributed by atoms with E-state index in [0.29, 0.717) is 5.92 Å². The number of aliphatic hydroxyl groups is 1. The molecule has 1 unspecified atom stereocenters. The van der Waals surface area contributed by atoms with Crippen LogP contribution in [0.15, 0.2) is 10.5 Å². The molecule has 0 spiro atoms. The first-order valence-corrected chi connectivity index (χ1v) is 6.04. The Bertz CT molecular complexity index is 307. The van der Waals surface area contributed by atoms with E-state index >= 15 is 0 Å². The maximum absolute atomic E-state index is 8.89. The molecule has 0 fully saturated rings. The molecule has 0 amide bonds. The molecule has 0 aliphatic carbocycles. The van der Waals surface area contributed by atoms with Gasteiger partial charge in [0.15, 0.2) is 0 Å². The predicted octanol–water partition coefficient (Wildman–Crippen LogP) is 2.39. The van der Waals surface area contributed by atoms with Crippen LogP contribution in [-0.4, -0.2) is 18.3 Å². The quantitative estimate of drug-likeness (QED) is 0.749. The smallest absolute Gasteiger partial charge is 0.105 e. The van der Waals surface area contributed by atoms with Gasteiger partial charge in [0, 0.05) is 18.7 Å². The van der Waals surface area contributed by atoms with Gasteiger partial charge in [0.2, 0.25) is 0 Å². The van der Waals surface area contributed by atoms with Gasteiger partial charge >= 0.3 is 0 Å². The molecule has 0 saturated carbocycles. The Morgan fingerprint density at radius 1 is 1.44 bits per heavy atom. The summed E-state index contributed by atoms with van der Waals surface area (Å²) in [5.74, 6) is 2.54. The van der Waals surface area contributed by atoms with Gasteiger partial charge in [0.05, 0.1) is 0 Å². The molecule has 0 radical (unpaired) electrons. The minimum absolute atomic E-state index is 0.282. The van der Waals surface area contributed by atoms with E-state index in [1.54, 1.807) is 0 Å². The lowest BCUT2D eigenvalue weighted by molar-refractivity contribution is 0.251. The van der Waals surface area contributed by atoms with Gasteiger partial charge in [0.1, 0.15) is 11.5 Å². The van der Waals surface area contributed by atoms with Crippen molar-refractivity contribution in [1.29, 1.82) is 0 Å². The van der Waals surface area contributed by atoms with E-state index in [0.717, 1.165) is 37.5 Å². The Morgan fingerprint density at radius 2 is 2.19 bits per heavy atom. The van der Waals surface area contributed by atoms with Crippen molar-refractivity contribution in [3.63, 3.8) is 0 Å². The van der Waals surface area contributed by atoms with E-state index in [-0.39, 0.29) is 6.61 Å². The van der Waals surface area contributed by atoms with Crippen LogP contribution in [0.4, 0.5) is 0 Å². The first-order chi connectivity index (χ1) is 7.67. The molecule has 1 heterocycles. The number of aryl methyl sites for hydroxylation is 2. The number of aliphatic hydroxyl groups excluding tert-OH is 1. The van der Waals surface area contributed by atoms with Crippen molar-refractivity contribution in [3.8, 4) is 0 Å². The van der Waals surface area contributed by atoms with E-state index in [2.05, 4.69) is 18.3 Å². The van der Waals surface area contributed by atoms with E-state index in [9.17, 15) is 0 Å². The van der Waals surface area contributed by atoms with Crippen LogP contribution >= 0.6 is 0 Å². The highest BCUT2D eigenvalue weighted by molar-refractivity contribution is 5.19. The molecule has 0 aliphatic rings. The van der Waals surface area contributed by atoms with Crippen LogP contribution in [0, 0.1) is 19.8 Å². The minimum Gasteiger partial charge on any atom is -0.466 e. The highest BCUT2D eigenvalue weighted by Crippen LogP contribution is 2.13. The molecule has 16 heavy (non-hydrogen) atoms. The Morgan fingerprint density at radius 3 is 2.69 bits per heavy atom. The summed E-state index contributed by atoms with van der Waals surface area (Å²) in [6.45, 7) is 8.22. The summed E-state index contributed by atoms with van der Waals surface area (Å²) in [4.78, 5) is 0. The van der Waals surface area contributed by atoms with Gasteiger partial charge in [-0.25, -0.2) is 0 Å². The van der Waals surface area contributed by atoms with Crippen molar-refractivity contribution in [2.75, 3.05) is 13.2 Å². The molecule has 0 aliphatic heterocycles. The Labute approximate surface area is 97.9 Å². The number of rotatable bonds is 7. The molecule has 3 heteroatoms. The lowest BCUT2D eigenvalue weighted by atomic mass is 10.0. The topological polar surface area (TPSA) is 45.4 Å². The van der Waals surface area contributed by atoms with Crippen LogP contribution < -0.4 is 5.32 Å². The lowest BCUT2D eigenvalue weighted by Gasteiger charge is -2.13. The number of hydrogen-bond donors (Lipinski definition) is 2. The second-order valence-electron chi connectivity index (χ2n) is 4.36. The standard InChI is InChI=1S/C13H23NO2/c1-4-12(5-6-15)8-14-9-13-7-10(2)16-11(13)3/h7,12,14-15H,4-6,8-9H2,1-3H3. The third-order valence-corrected chi connectivity index (χ3v) is 3.01. The van der Waals surface area contributed by atoms with Crippen molar-refractivity contribution in [2.45, 2.75) is 40.2 Å². The molecular weight excluding hydrogens is 202 g/mol. The van der Waals surface area contributed by atoms with Gasteiger partial charge in [-0.1, -0.05) is 13.3 Å². The summed E-state index contributed by atoms with van der Waals surface area (Å²) in [6.07, 6.45) is 1.99. The van der Waals surface area contributed by atoms with Gasteiger partial charge in [-0.3, -0.25) is 0 Å². The van der Waals surface area contributed by atoms with Gasteiger partial charge in [0.25, 0.3) is 0 Å². The predicted molar refractivity (Wildman–Crippen MR) is 65.4 cm³/mol. The van der Waals surface area contributed by atoms with Crippen molar-refractivity contribution in [2.24, 2.45) is 5.92 Å². The average molecular weight is 225 g/mol. The van der Waals surface area contributed by atoms with Gasteiger partial charge in [-0.15, -0.1) is 0 Å².